The molecule has 20 nitrogen and oxygen atoms in total. The molecule has 7 N–H and O–H groups in total. The van der Waals surface area contributed by atoms with Crippen molar-refractivity contribution in [2.75, 3.05) is 49.1 Å². The minimum absolute atomic E-state index is 0.00308. The number of β-lactam (4-membered cyclic amide) rings is 1. The van der Waals surface area contributed by atoms with Gasteiger partial charge in [0.05, 0.1) is 11.2 Å². The number of hydrazine groups is 1. The lowest BCUT2D eigenvalue weighted by Crippen LogP contribution is -2.71. The molecule has 0 spiro atoms. The highest BCUT2D eigenvalue weighted by Crippen LogP contribution is 2.41. The molecule has 5 heterocycles. The number of hydrogen-bond donors (Lipinski definition) is 6. The van der Waals surface area contributed by atoms with Gasteiger partial charge in [0.25, 0.3) is 23.6 Å². The second kappa shape index (κ2) is 17.4. The number of benzene rings is 2. The Morgan fingerprint density at radius 3 is 2.38 bits per heavy atom. The Bertz CT molecular complexity index is 2730. The van der Waals surface area contributed by atoms with E-state index < -0.39 is 75.1 Å². The maximum atomic E-state index is 15.6. The fourth-order valence-electron chi connectivity index (χ4n) is 7.57. The number of carboxylic acid groups (broad SMARTS) is 2. The molecule has 23 heteroatoms. The quantitative estimate of drug-likeness (QED) is 0.0634. The fourth-order valence-corrected chi connectivity index (χ4v) is 9.45. The molecule has 0 bridgehead atoms. The highest BCUT2D eigenvalue weighted by atomic mass is 32.2. The van der Waals surface area contributed by atoms with E-state index in [1.807, 2.05) is 9.80 Å². The number of nitrogens with zero attached hydrogens (tertiary/aromatic N) is 6. The van der Waals surface area contributed by atoms with Crippen LogP contribution >= 0.6 is 23.1 Å². The number of oxime groups is 1. The molecule has 1 aliphatic carbocycles. The molecule has 1 saturated carbocycles. The summed E-state index contributed by atoms with van der Waals surface area (Å²) in [6.45, 7) is 4.42. The molecular weight excluding hydrogens is 876 g/mol. The first-order chi connectivity index (χ1) is 30.5. The summed E-state index contributed by atoms with van der Waals surface area (Å²) in [6, 6.07) is 9.68. The Hall–Kier alpha value is -6.85. The van der Waals surface area contributed by atoms with Crippen molar-refractivity contribution in [1.29, 1.82) is 0 Å². The number of halogens is 1. The second-order valence-corrected chi connectivity index (χ2v) is 17.9. The van der Waals surface area contributed by atoms with Gasteiger partial charge >= 0.3 is 11.9 Å². The molecule has 8 rings (SSSR count). The van der Waals surface area contributed by atoms with Crippen molar-refractivity contribution in [2.24, 2.45) is 5.16 Å². The molecule has 3 fully saturated rings. The average molecular weight is 917 g/mol. The monoisotopic (exact) mass is 916 g/mol. The van der Waals surface area contributed by atoms with Gasteiger partial charge in [-0.05, 0) is 56.5 Å². The van der Waals surface area contributed by atoms with Crippen LogP contribution in [0.2, 0.25) is 0 Å². The molecule has 2 aromatic heterocycles. The standard InChI is InChI=1S/C41H41FN10O10S2/c1-41(2,39(61)47-46-33(54)20-6-4-3-5-7-20)62-48-29(26-19-64-40(43)44-26)34(55)45-30-35(56)52-31(38(59)60)21(18-63-36(30)52)16-49-10-12-50(13-11-49)28-15-27-23(14-25(28)42)32(53)24(37(57)58)17-51(27)22-8-9-22/h3-7,14-15,17,19,22,30,36H,8-13,16,18H2,1-2H3,(H2,43,44)(H,45,55)(H,46,54)(H,47,61)(H,57,58)(H,59,60). The predicted octanol–water partition coefficient (Wildman–Crippen LogP) is 1.73. The summed E-state index contributed by atoms with van der Waals surface area (Å²) in [5.41, 5.74) is 8.33. The van der Waals surface area contributed by atoms with Crippen LogP contribution in [-0.4, -0.2) is 126 Å². The van der Waals surface area contributed by atoms with Gasteiger partial charge in [-0.25, -0.2) is 19.0 Å². The number of fused-ring (bicyclic) bond motifs is 2. The van der Waals surface area contributed by atoms with Crippen molar-refractivity contribution >= 4 is 86.1 Å². The number of nitrogen functional groups attached to an aromatic ring is 1. The number of carboxylic acids is 2. The Labute approximate surface area is 370 Å². The summed E-state index contributed by atoms with van der Waals surface area (Å²) in [5, 5.41) is 27.2. The normalized spacial score (nSPS) is 19.2. The van der Waals surface area contributed by atoms with Crippen molar-refractivity contribution in [3.63, 3.8) is 0 Å². The van der Waals surface area contributed by atoms with Crippen LogP contribution in [0.4, 0.5) is 15.2 Å². The molecule has 64 heavy (non-hydrogen) atoms. The number of piperazine rings is 1. The topological polar surface area (TPSA) is 271 Å². The van der Waals surface area contributed by atoms with E-state index in [1.54, 1.807) is 41.0 Å². The number of carbonyl (C=O) groups is 6. The molecule has 2 aromatic carbocycles. The van der Waals surface area contributed by atoms with Crippen LogP contribution in [0, 0.1) is 5.82 Å². The van der Waals surface area contributed by atoms with E-state index >= 15 is 4.39 Å². The third-order valence-corrected chi connectivity index (χ3v) is 13.2. The number of nitrogens with one attached hydrogen (secondary N) is 3. The van der Waals surface area contributed by atoms with E-state index in [2.05, 4.69) is 26.3 Å². The van der Waals surface area contributed by atoms with Gasteiger partial charge in [-0.2, -0.15) is 0 Å². The number of carbonyl (C=O) groups excluding carboxylic acids is 4. The van der Waals surface area contributed by atoms with Gasteiger partial charge in [-0.1, -0.05) is 23.4 Å². The van der Waals surface area contributed by atoms with Crippen LogP contribution in [0.5, 0.6) is 0 Å². The van der Waals surface area contributed by atoms with Crippen molar-refractivity contribution in [3.05, 3.63) is 98.2 Å². The first-order valence-corrected chi connectivity index (χ1v) is 21.9. The smallest absolute Gasteiger partial charge is 0.352 e. The van der Waals surface area contributed by atoms with E-state index in [0.29, 0.717) is 42.8 Å². The number of anilines is 2. The SMILES string of the molecule is CC(C)(ON=C(C(=O)NC1C(=O)N2C(C(=O)O)=C(CN3CCN(c4cc5c(cc4F)c(=O)c(C(=O)O)cn5C4CC4)CC3)CSC12)c1csc(N)n1)C(=O)NNC(=O)c1ccccc1. The third-order valence-electron chi connectivity index (χ3n) is 11.2. The lowest BCUT2D eigenvalue weighted by molar-refractivity contribution is -0.150. The molecule has 4 aromatic rings. The van der Waals surface area contributed by atoms with Crippen LogP contribution in [0.25, 0.3) is 10.9 Å². The Balaban J connectivity index is 0.920. The molecule has 2 unspecified atom stereocenters. The summed E-state index contributed by atoms with van der Waals surface area (Å²) in [5.74, 6) is -6.13. The molecule has 3 aliphatic heterocycles. The van der Waals surface area contributed by atoms with E-state index in [9.17, 15) is 43.8 Å². The highest BCUT2D eigenvalue weighted by molar-refractivity contribution is 8.00. The summed E-state index contributed by atoms with van der Waals surface area (Å²) in [4.78, 5) is 105. The number of rotatable bonds is 13. The van der Waals surface area contributed by atoms with Crippen molar-refractivity contribution in [1.82, 2.24) is 35.5 Å². The van der Waals surface area contributed by atoms with E-state index in [4.69, 9.17) is 10.6 Å². The molecule has 2 saturated heterocycles. The number of thiazole rings is 1. The van der Waals surface area contributed by atoms with E-state index in [-0.39, 0.29) is 45.9 Å². The summed E-state index contributed by atoms with van der Waals surface area (Å²) in [6.07, 6.45) is 2.95. The highest BCUT2D eigenvalue weighted by Gasteiger charge is 2.54. The van der Waals surface area contributed by atoms with Gasteiger partial charge in [0.2, 0.25) is 11.0 Å². The van der Waals surface area contributed by atoms with Crippen LogP contribution in [0.15, 0.2) is 75.3 Å². The molecule has 2 atom stereocenters. The van der Waals surface area contributed by atoms with Gasteiger partial charge < -0.3 is 35.6 Å². The number of amides is 4. The Kier molecular flexibility index (Phi) is 11.9. The number of aliphatic carboxylic acids is 1. The second-order valence-electron chi connectivity index (χ2n) is 15.9. The number of pyridine rings is 1. The average Bonchev–Trinajstić information content (AvgIpc) is 4.03. The Morgan fingerprint density at radius 1 is 1.02 bits per heavy atom. The molecule has 334 valence electrons. The van der Waals surface area contributed by atoms with Crippen molar-refractivity contribution in [3.8, 4) is 0 Å². The third kappa shape index (κ3) is 8.60. The van der Waals surface area contributed by atoms with Crippen LogP contribution < -0.4 is 32.2 Å². The van der Waals surface area contributed by atoms with Crippen molar-refractivity contribution in [2.45, 2.75) is 49.7 Å². The number of aromatic carboxylic acids is 1. The number of thioether (sulfide) groups is 1. The maximum absolute atomic E-state index is 15.6. The summed E-state index contributed by atoms with van der Waals surface area (Å²) < 4.78 is 17.3. The van der Waals surface area contributed by atoms with E-state index in [1.165, 1.54) is 37.2 Å². The van der Waals surface area contributed by atoms with Crippen LogP contribution in [-0.2, 0) is 24.0 Å². The van der Waals surface area contributed by atoms with E-state index in [0.717, 1.165) is 35.1 Å². The fraction of sp³-hybridized carbons (Fsp3) is 0.341. The first kappa shape index (κ1) is 43.8. The van der Waals surface area contributed by atoms with Crippen LogP contribution in [0.3, 0.4) is 0 Å². The minimum atomic E-state index is -1.74. The van der Waals surface area contributed by atoms with Gasteiger partial charge in [0, 0.05) is 67.0 Å². The zero-order valence-corrected chi connectivity index (χ0v) is 35.8. The predicted molar refractivity (Wildman–Crippen MR) is 232 cm³/mol. The molecule has 4 aliphatic rings. The lowest BCUT2D eigenvalue weighted by atomic mass is 10.0. The Morgan fingerprint density at radius 2 is 1.73 bits per heavy atom. The largest absolute Gasteiger partial charge is 0.477 e. The summed E-state index contributed by atoms with van der Waals surface area (Å²) in [7, 11) is 0. The van der Waals surface area contributed by atoms with Gasteiger partial charge in [0.1, 0.15) is 34.2 Å². The first-order valence-electron chi connectivity index (χ1n) is 20.0. The van der Waals surface area contributed by atoms with Gasteiger partial charge in [-0.3, -0.25) is 44.6 Å². The molecule has 0 radical (unpaired) electrons. The summed E-state index contributed by atoms with van der Waals surface area (Å²) >= 11 is 2.26. The van der Waals surface area contributed by atoms with Gasteiger partial charge in [0.15, 0.2) is 10.8 Å². The maximum Gasteiger partial charge on any atom is 0.352 e. The molecular formula is C41H41FN10O10S2. The number of nitrogens with two attached hydrogens (primary N) is 1. The lowest BCUT2D eigenvalue weighted by Gasteiger charge is -2.50. The van der Waals surface area contributed by atoms with Crippen LogP contribution in [0.1, 0.15) is 59.1 Å². The molecule has 4 amide bonds. The zero-order chi connectivity index (χ0) is 45.6. The number of aromatic nitrogens is 2. The van der Waals surface area contributed by atoms with Crippen molar-refractivity contribution < 1.29 is 48.2 Å². The number of hydrogen-bond acceptors (Lipinski definition) is 15. The van der Waals surface area contributed by atoms with Gasteiger partial charge in [-0.15, -0.1) is 23.1 Å². The minimum Gasteiger partial charge on any atom is -0.477 e. The zero-order valence-electron chi connectivity index (χ0n) is 34.2.